The van der Waals surface area contributed by atoms with Crippen LogP contribution in [-0.4, -0.2) is 15.7 Å². The lowest BCUT2D eigenvalue weighted by molar-refractivity contribution is -0.123. The SMILES string of the molecule is Nc1cc(-n2cccn2)c2c(c1)C1(CCC1)C(=O)N2. The van der Waals surface area contributed by atoms with Crippen molar-refractivity contribution in [2.45, 2.75) is 24.7 Å². The van der Waals surface area contributed by atoms with Crippen LogP contribution in [0.5, 0.6) is 0 Å². The minimum absolute atomic E-state index is 0.104. The van der Waals surface area contributed by atoms with Crippen LogP contribution in [0.4, 0.5) is 11.4 Å². The molecule has 1 spiro atoms. The molecule has 2 aliphatic rings. The van der Waals surface area contributed by atoms with Crippen LogP contribution in [0.15, 0.2) is 30.6 Å². The summed E-state index contributed by atoms with van der Waals surface area (Å²) in [5.74, 6) is 0.104. The number of nitrogen functional groups attached to an aromatic ring is 1. The number of nitrogens with one attached hydrogen (secondary N) is 1. The van der Waals surface area contributed by atoms with Gasteiger partial charge < -0.3 is 11.1 Å². The van der Waals surface area contributed by atoms with Crippen molar-refractivity contribution in [1.82, 2.24) is 9.78 Å². The van der Waals surface area contributed by atoms with Gasteiger partial charge in [-0.2, -0.15) is 5.10 Å². The molecule has 1 amide bonds. The number of nitrogens with two attached hydrogens (primary N) is 1. The fourth-order valence-electron chi connectivity index (χ4n) is 3.13. The van der Waals surface area contributed by atoms with Gasteiger partial charge in [0, 0.05) is 18.1 Å². The third kappa shape index (κ3) is 1.24. The van der Waals surface area contributed by atoms with E-state index < -0.39 is 0 Å². The van der Waals surface area contributed by atoms with Crippen LogP contribution < -0.4 is 11.1 Å². The van der Waals surface area contributed by atoms with Crippen LogP contribution in [0, 0.1) is 0 Å². The normalized spacial score (nSPS) is 19.1. The van der Waals surface area contributed by atoms with E-state index in [1.807, 2.05) is 24.4 Å². The van der Waals surface area contributed by atoms with E-state index in [1.165, 1.54) is 0 Å². The zero-order valence-corrected chi connectivity index (χ0v) is 10.4. The molecule has 5 heteroatoms. The Bertz CT molecular complexity index is 671. The maximum absolute atomic E-state index is 12.3. The molecule has 0 atom stereocenters. The molecule has 96 valence electrons. The molecule has 2 aromatic rings. The zero-order chi connectivity index (χ0) is 13.0. The van der Waals surface area contributed by atoms with E-state index in [2.05, 4.69) is 10.4 Å². The second-order valence-electron chi connectivity index (χ2n) is 5.30. The number of fused-ring (bicyclic) bond motifs is 2. The van der Waals surface area contributed by atoms with Crippen molar-refractivity contribution in [3.8, 4) is 5.69 Å². The van der Waals surface area contributed by atoms with Crippen molar-refractivity contribution in [3.63, 3.8) is 0 Å². The summed E-state index contributed by atoms with van der Waals surface area (Å²) in [7, 11) is 0. The Morgan fingerprint density at radius 1 is 1.37 bits per heavy atom. The van der Waals surface area contributed by atoms with Gasteiger partial charge >= 0.3 is 0 Å². The maximum Gasteiger partial charge on any atom is 0.235 e. The van der Waals surface area contributed by atoms with Gasteiger partial charge in [0.15, 0.2) is 0 Å². The first-order valence-corrected chi connectivity index (χ1v) is 6.46. The summed E-state index contributed by atoms with van der Waals surface area (Å²) in [5, 5.41) is 7.25. The molecule has 4 rings (SSSR count). The van der Waals surface area contributed by atoms with E-state index in [9.17, 15) is 4.79 Å². The molecule has 3 N–H and O–H groups in total. The second-order valence-corrected chi connectivity index (χ2v) is 5.30. The molecule has 1 aromatic heterocycles. The molecule has 0 bridgehead atoms. The monoisotopic (exact) mass is 254 g/mol. The molecule has 0 radical (unpaired) electrons. The highest BCUT2D eigenvalue weighted by Crippen LogP contribution is 2.53. The Hall–Kier alpha value is -2.30. The highest BCUT2D eigenvalue weighted by molar-refractivity contribution is 6.09. The molecule has 0 saturated heterocycles. The molecule has 1 aliphatic heterocycles. The van der Waals surface area contributed by atoms with Gasteiger partial charge in [0.25, 0.3) is 0 Å². The van der Waals surface area contributed by atoms with Gasteiger partial charge in [0.1, 0.15) is 0 Å². The van der Waals surface area contributed by atoms with Gasteiger partial charge in [-0.25, -0.2) is 4.68 Å². The van der Waals surface area contributed by atoms with Gasteiger partial charge in [0.2, 0.25) is 5.91 Å². The smallest absolute Gasteiger partial charge is 0.235 e. The Labute approximate surface area is 110 Å². The van der Waals surface area contributed by atoms with E-state index >= 15 is 0 Å². The summed E-state index contributed by atoms with van der Waals surface area (Å²) >= 11 is 0. The molecule has 1 aliphatic carbocycles. The van der Waals surface area contributed by atoms with E-state index in [0.29, 0.717) is 5.69 Å². The van der Waals surface area contributed by atoms with Crippen LogP contribution in [0.1, 0.15) is 24.8 Å². The van der Waals surface area contributed by atoms with E-state index in [4.69, 9.17) is 5.73 Å². The number of rotatable bonds is 1. The van der Waals surface area contributed by atoms with Gasteiger partial charge in [0.05, 0.1) is 16.8 Å². The molecule has 2 heterocycles. The van der Waals surface area contributed by atoms with Crippen molar-refractivity contribution >= 4 is 17.3 Å². The first kappa shape index (κ1) is 10.6. The van der Waals surface area contributed by atoms with E-state index in [-0.39, 0.29) is 11.3 Å². The average Bonchev–Trinajstić information content (AvgIpc) is 2.91. The first-order chi connectivity index (χ1) is 9.21. The lowest BCUT2D eigenvalue weighted by Crippen LogP contribution is -2.40. The largest absolute Gasteiger partial charge is 0.399 e. The van der Waals surface area contributed by atoms with Gasteiger partial charge in [-0.15, -0.1) is 0 Å². The zero-order valence-electron chi connectivity index (χ0n) is 10.4. The Balaban J connectivity index is 1.97. The third-order valence-electron chi connectivity index (χ3n) is 4.29. The number of carbonyl (C=O) groups excluding carboxylic acids is 1. The van der Waals surface area contributed by atoms with Crippen LogP contribution in [0.3, 0.4) is 0 Å². The topological polar surface area (TPSA) is 72.9 Å². The van der Waals surface area contributed by atoms with Gasteiger partial charge in [-0.05, 0) is 36.6 Å². The van der Waals surface area contributed by atoms with Crippen molar-refractivity contribution in [2.24, 2.45) is 0 Å². The minimum atomic E-state index is -0.341. The average molecular weight is 254 g/mol. The molecule has 1 saturated carbocycles. The number of nitrogens with zero attached hydrogens (tertiary/aromatic N) is 2. The van der Waals surface area contributed by atoms with Crippen LogP contribution in [0.25, 0.3) is 5.69 Å². The molecule has 0 unspecified atom stereocenters. The summed E-state index contributed by atoms with van der Waals surface area (Å²) in [4.78, 5) is 12.3. The predicted molar refractivity (Wildman–Crippen MR) is 72.1 cm³/mol. The number of hydrogen-bond donors (Lipinski definition) is 2. The third-order valence-corrected chi connectivity index (χ3v) is 4.29. The fourth-order valence-corrected chi connectivity index (χ4v) is 3.13. The highest BCUT2D eigenvalue weighted by atomic mass is 16.2. The molecule has 19 heavy (non-hydrogen) atoms. The van der Waals surface area contributed by atoms with Crippen LogP contribution in [0.2, 0.25) is 0 Å². The molecular weight excluding hydrogens is 240 g/mol. The molecule has 5 nitrogen and oxygen atoms in total. The molecule has 1 fully saturated rings. The Morgan fingerprint density at radius 2 is 2.21 bits per heavy atom. The highest BCUT2D eigenvalue weighted by Gasteiger charge is 2.51. The standard InChI is InChI=1S/C14H14N4O/c15-9-7-10-12(11(8-9)18-6-2-5-16-18)17-13(19)14(10)3-1-4-14/h2,5-8H,1,3-4,15H2,(H,17,19). The summed E-state index contributed by atoms with van der Waals surface area (Å²) in [6.45, 7) is 0. The number of hydrogen-bond acceptors (Lipinski definition) is 3. The minimum Gasteiger partial charge on any atom is -0.399 e. The van der Waals surface area contributed by atoms with Crippen LogP contribution in [-0.2, 0) is 10.2 Å². The predicted octanol–water partition coefficient (Wildman–Crippen LogP) is 1.83. The summed E-state index contributed by atoms with van der Waals surface area (Å²) in [6, 6.07) is 5.63. The van der Waals surface area contributed by atoms with Gasteiger partial charge in [-0.1, -0.05) is 6.42 Å². The fraction of sp³-hybridized carbons (Fsp3) is 0.286. The maximum atomic E-state index is 12.3. The van der Waals surface area contributed by atoms with Crippen molar-refractivity contribution in [1.29, 1.82) is 0 Å². The summed E-state index contributed by atoms with van der Waals surface area (Å²) in [6.07, 6.45) is 6.48. The molecule has 1 aromatic carbocycles. The van der Waals surface area contributed by atoms with Gasteiger partial charge in [-0.3, -0.25) is 4.79 Å². The van der Waals surface area contributed by atoms with E-state index in [1.54, 1.807) is 10.9 Å². The summed E-state index contributed by atoms with van der Waals surface area (Å²) in [5.41, 5.74) is 9.08. The van der Waals surface area contributed by atoms with Crippen molar-refractivity contribution < 1.29 is 4.79 Å². The second kappa shape index (κ2) is 3.38. The Morgan fingerprint density at radius 3 is 2.84 bits per heavy atom. The number of anilines is 2. The number of carbonyl (C=O) groups is 1. The lowest BCUT2D eigenvalue weighted by Gasteiger charge is -2.36. The quantitative estimate of drug-likeness (QED) is 0.762. The number of amides is 1. The first-order valence-electron chi connectivity index (χ1n) is 6.46. The van der Waals surface area contributed by atoms with Crippen LogP contribution >= 0.6 is 0 Å². The Kier molecular flexibility index (Phi) is 1.88. The summed E-state index contributed by atoms with van der Waals surface area (Å²) < 4.78 is 1.74. The van der Waals surface area contributed by atoms with E-state index in [0.717, 1.165) is 36.2 Å². The lowest BCUT2D eigenvalue weighted by atomic mass is 9.65. The van der Waals surface area contributed by atoms with Crippen molar-refractivity contribution in [3.05, 3.63) is 36.2 Å². The number of benzene rings is 1. The molecular formula is C14H14N4O. The van der Waals surface area contributed by atoms with Crippen molar-refractivity contribution in [2.75, 3.05) is 11.1 Å². The number of aromatic nitrogens is 2.